The Kier molecular flexibility index (Phi) is 2.70. The summed E-state index contributed by atoms with van der Waals surface area (Å²) in [5.74, 6) is 0. The van der Waals surface area contributed by atoms with Gasteiger partial charge in [-0.15, -0.1) is 0 Å². The largest absolute Gasteiger partial charge is 0.240 e. The van der Waals surface area contributed by atoms with Crippen molar-refractivity contribution in [1.82, 2.24) is 9.97 Å². The summed E-state index contributed by atoms with van der Waals surface area (Å²) in [4.78, 5) is 8.16. The number of aromatic nitrogens is 2. The van der Waals surface area contributed by atoms with Crippen LogP contribution in [-0.4, -0.2) is 9.97 Å². The van der Waals surface area contributed by atoms with Gasteiger partial charge in [-0.1, -0.05) is 18.2 Å². The highest BCUT2D eigenvalue weighted by molar-refractivity contribution is 5.86. The third-order valence-corrected chi connectivity index (χ3v) is 2.99. The van der Waals surface area contributed by atoms with Crippen LogP contribution in [0.15, 0.2) is 48.8 Å². The average Bonchev–Trinajstić information content (AvgIpc) is 2.47. The van der Waals surface area contributed by atoms with E-state index in [0.29, 0.717) is 11.3 Å². The van der Waals surface area contributed by atoms with Crippen molar-refractivity contribution in [3.8, 4) is 17.2 Å². The van der Waals surface area contributed by atoms with Gasteiger partial charge >= 0.3 is 0 Å². The number of nitriles is 1. The molecule has 3 aromatic rings. The van der Waals surface area contributed by atoms with Crippen LogP contribution >= 0.6 is 0 Å². The van der Waals surface area contributed by atoms with Crippen molar-refractivity contribution in [2.45, 2.75) is 0 Å². The monoisotopic (exact) mass is 243 g/mol. The fourth-order valence-electron chi connectivity index (χ4n) is 2.02. The van der Waals surface area contributed by atoms with E-state index in [1.165, 1.54) is 6.33 Å². The van der Waals surface area contributed by atoms with Crippen LogP contribution in [0.25, 0.3) is 22.0 Å². The first kappa shape index (κ1) is 11.4. The number of nitrogens with zero attached hydrogens (tertiary/aromatic N) is 3. The second kappa shape index (κ2) is 4.51. The molecule has 0 aliphatic carbocycles. The van der Waals surface area contributed by atoms with Crippen LogP contribution in [0.5, 0.6) is 0 Å². The molecule has 0 aliphatic heterocycles. The third kappa shape index (κ3) is 2.04. The summed E-state index contributed by atoms with van der Waals surface area (Å²) in [6.07, 6.45) is 1.45. The second-order valence-electron chi connectivity index (χ2n) is 4.18. The van der Waals surface area contributed by atoms with E-state index in [1.54, 1.807) is 6.07 Å². The van der Waals surface area contributed by atoms with E-state index in [4.69, 9.17) is 12.2 Å². The maximum atomic E-state index is 8.93. The summed E-state index contributed by atoms with van der Waals surface area (Å²) in [5, 5.41) is 9.76. The number of benzene rings is 2. The number of hydrogen-bond acceptors (Lipinski definition) is 3. The Morgan fingerprint density at radius 3 is 2.68 bits per heavy atom. The Morgan fingerprint density at radius 1 is 1.00 bits per heavy atom. The van der Waals surface area contributed by atoms with Gasteiger partial charge in [-0.25, -0.2) is 9.97 Å². The van der Waals surface area contributed by atoms with Gasteiger partial charge in [0.15, 0.2) is 0 Å². The van der Waals surface area contributed by atoms with Crippen molar-refractivity contribution >= 4 is 10.9 Å². The molecule has 19 heavy (non-hydrogen) atoms. The average molecular weight is 243 g/mol. The van der Waals surface area contributed by atoms with Crippen LogP contribution in [0.3, 0.4) is 0 Å². The lowest BCUT2D eigenvalue weighted by Crippen LogP contribution is -1.88. The summed E-state index contributed by atoms with van der Waals surface area (Å²) in [7, 11) is 0. The Morgan fingerprint density at radius 2 is 1.84 bits per heavy atom. The highest BCUT2D eigenvalue weighted by Gasteiger charge is 2.04. The molecule has 0 unspecified atom stereocenters. The molecule has 2 aromatic carbocycles. The summed E-state index contributed by atoms with van der Waals surface area (Å²) in [6.45, 7) is 5.86. The molecule has 2 radical (unpaired) electrons. The van der Waals surface area contributed by atoms with Crippen LogP contribution in [-0.2, 0) is 0 Å². The van der Waals surface area contributed by atoms with Crippen molar-refractivity contribution in [2.24, 2.45) is 0 Å². The molecule has 0 atom stereocenters. The topological polar surface area (TPSA) is 49.6 Å². The van der Waals surface area contributed by atoms with E-state index < -0.39 is 0 Å². The molecule has 0 saturated carbocycles. The van der Waals surface area contributed by atoms with Gasteiger partial charge in [-0.3, -0.25) is 0 Å². The number of rotatable bonds is 1. The Hall–Kier alpha value is -2.73. The Balaban J connectivity index is 2.20. The molecule has 0 bridgehead atoms. The summed E-state index contributed by atoms with van der Waals surface area (Å²) >= 11 is 0. The van der Waals surface area contributed by atoms with E-state index in [-0.39, 0.29) is 0 Å². The molecule has 1 aromatic heterocycles. The molecule has 0 amide bonds. The smallest absolute Gasteiger partial charge is 0.116 e. The van der Waals surface area contributed by atoms with Crippen molar-refractivity contribution in [3.63, 3.8) is 0 Å². The predicted octanol–water partition coefficient (Wildman–Crippen LogP) is 3.23. The highest BCUT2D eigenvalue weighted by atomic mass is 14.8. The molecule has 3 rings (SSSR count). The predicted molar refractivity (Wildman–Crippen MR) is 73.1 cm³/mol. The lowest BCUT2D eigenvalue weighted by atomic mass is 10.0. The first-order chi connectivity index (χ1) is 9.28. The molecule has 0 aliphatic rings. The number of fused-ring (bicyclic) bond motifs is 1. The van der Waals surface area contributed by atoms with Gasteiger partial charge in [0, 0.05) is 12.3 Å². The maximum absolute atomic E-state index is 8.93. The quantitative estimate of drug-likeness (QED) is 0.659. The molecule has 0 fully saturated rings. The van der Waals surface area contributed by atoms with Crippen molar-refractivity contribution in [1.29, 1.82) is 5.26 Å². The van der Waals surface area contributed by atoms with Gasteiger partial charge in [-0.2, -0.15) is 5.26 Å². The third-order valence-electron chi connectivity index (χ3n) is 2.99. The van der Waals surface area contributed by atoms with Crippen LogP contribution in [0.1, 0.15) is 11.3 Å². The zero-order chi connectivity index (χ0) is 13.2. The molecular formula is C16H9N3. The molecular weight excluding hydrogens is 234 g/mol. The molecule has 1 heterocycles. The van der Waals surface area contributed by atoms with Crippen LogP contribution in [0.2, 0.25) is 0 Å². The molecule has 3 heteroatoms. The zero-order valence-electron chi connectivity index (χ0n) is 10.0. The Labute approximate surface area is 111 Å². The van der Waals surface area contributed by atoms with E-state index in [9.17, 15) is 0 Å². The minimum Gasteiger partial charge on any atom is -0.240 e. The molecule has 0 spiro atoms. The minimum absolute atomic E-state index is 0.461. The van der Waals surface area contributed by atoms with Crippen molar-refractivity contribution < 1.29 is 0 Å². The van der Waals surface area contributed by atoms with E-state index in [2.05, 4.69) is 16.0 Å². The fourth-order valence-corrected chi connectivity index (χ4v) is 2.02. The van der Waals surface area contributed by atoms with E-state index >= 15 is 0 Å². The fraction of sp³-hybridized carbons (Fsp3) is 0. The van der Waals surface area contributed by atoms with Crippen molar-refractivity contribution in [3.05, 3.63) is 67.0 Å². The molecule has 0 saturated heterocycles. The standard InChI is InChI=1S/C16H9N3/c1-11-15-8-14(5-6-16(15)19-10-18-11)13-4-2-3-12(7-13)9-17/h1-8,10H. The van der Waals surface area contributed by atoms with Gasteiger partial charge in [0.1, 0.15) is 6.33 Å². The van der Waals surface area contributed by atoms with Crippen molar-refractivity contribution in [2.75, 3.05) is 0 Å². The molecule has 88 valence electrons. The lowest BCUT2D eigenvalue weighted by molar-refractivity contribution is 1.19. The van der Waals surface area contributed by atoms with Gasteiger partial charge < -0.3 is 0 Å². The minimum atomic E-state index is 0.461. The maximum Gasteiger partial charge on any atom is 0.116 e. The highest BCUT2D eigenvalue weighted by Crippen LogP contribution is 2.25. The summed E-state index contributed by atoms with van der Waals surface area (Å²) in [6, 6.07) is 15.4. The molecule has 0 N–H and O–H groups in total. The first-order valence-electron chi connectivity index (χ1n) is 5.79. The van der Waals surface area contributed by atoms with Gasteiger partial charge in [0.05, 0.1) is 22.8 Å². The van der Waals surface area contributed by atoms with E-state index in [1.807, 2.05) is 36.4 Å². The summed E-state index contributed by atoms with van der Waals surface area (Å²) < 4.78 is 0. The summed E-state index contributed by atoms with van der Waals surface area (Å²) in [5.41, 5.74) is 3.88. The van der Waals surface area contributed by atoms with Gasteiger partial charge in [0.25, 0.3) is 0 Å². The van der Waals surface area contributed by atoms with E-state index in [0.717, 1.165) is 22.0 Å². The van der Waals surface area contributed by atoms with Crippen LogP contribution < -0.4 is 0 Å². The second-order valence-corrected chi connectivity index (χ2v) is 4.18. The lowest BCUT2D eigenvalue weighted by Gasteiger charge is -2.05. The number of hydrogen-bond donors (Lipinski definition) is 0. The van der Waals surface area contributed by atoms with Gasteiger partial charge in [-0.05, 0) is 35.4 Å². The SMILES string of the molecule is [CH]c1ncnc2ccc(-c3cccc(C#N)c3)cc12. The molecule has 3 nitrogen and oxygen atoms in total. The van der Waals surface area contributed by atoms with Crippen LogP contribution in [0.4, 0.5) is 0 Å². The first-order valence-corrected chi connectivity index (χ1v) is 5.79. The van der Waals surface area contributed by atoms with Crippen LogP contribution in [0, 0.1) is 18.3 Å². The van der Waals surface area contributed by atoms with Gasteiger partial charge in [0.2, 0.25) is 0 Å². The normalized spacial score (nSPS) is 10.3. The Bertz CT molecular complexity index is 800. The zero-order valence-corrected chi connectivity index (χ0v) is 10.0.